The van der Waals surface area contributed by atoms with E-state index in [4.69, 9.17) is 21.4 Å². The predicted molar refractivity (Wildman–Crippen MR) is 129 cm³/mol. The first kappa shape index (κ1) is 23.3. The second-order valence-electron chi connectivity index (χ2n) is 8.12. The first-order valence-electron chi connectivity index (χ1n) is 10.8. The highest BCUT2D eigenvalue weighted by molar-refractivity contribution is 6.33. The molecule has 0 saturated carbocycles. The number of ether oxygens (including phenoxy) is 1. The van der Waals surface area contributed by atoms with Gasteiger partial charge in [-0.05, 0) is 47.4 Å². The predicted octanol–water partition coefficient (Wildman–Crippen LogP) is 5.29. The fourth-order valence-corrected chi connectivity index (χ4v) is 4.29. The van der Waals surface area contributed by atoms with Crippen LogP contribution in [0.5, 0.6) is 0 Å². The summed E-state index contributed by atoms with van der Waals surface area (Å²) < 4.78 is 5.50. The third kappa shape index (κ3) is 5.05. The molecule has 0 bridgehead atoms. The van der Waals surface area contributed by atoms with E-state index in [1.807, 2.05) is 36.4 Å². The molecular weight excluding hydrogens is 456 g/mol. The number of amides is 2. The van der Waals surface area contributed by atoms with Crippen molar-refractivity contribution in [3.8, 4) is 11.1 Å². The Balaban J connectivity index is 1.31. The van der Waals surface area contributed by atoms with Crippen LogP contribution in [0.2, 0.25) is 5.02 Å². The highest BCUT2D eigenvalue weighted by Crippen LogP contribution is 2.44. The summed E-state index contributed by atoms with van der Waals surface area (Å²) in [6, 6.07) is 19.6. The fraction of sp³-hybridized carbons (Fsp3) is 0.192. The number of halogens is 1. The fourth-order valence-electron chi connectivity index (χ4n) is 4.13. The number of hydrogen-bond donors (Lipinski definition) is 3. The summed E-state index contributed by atoms with van der Waals surface area (Å²) in [5.41, 5.74) is 4.71. The Kier molecular flexibility index (Phi) is 6.84. The lowest BCUT2D eigenvalue weighted by Gasteiger charge is -2.17. The third-order valence-electron chi connectivity index (χ3n) is 5.69. The van der Waals surface area contributed by atoms with Crippen molar-refractivity contribution >= 4 is 35.3 Å². The molecule has 34 heavy (non-hydrogen) atoms. The van der Waals surface area contributed by atoms with Crippen molar-refractivity contribution in [3.63, 3.8) is 0 Å². The number of alkyl carbamates (subject to hydrolysis) is 1. The SMILES string of the molecule is C[C@@H](CC(=O)Nc1cc(C(=O)O)ccc1Cl)NC(=O)OCC1c2ccccc2-c2ccccc21. The zero-order valence-corrected chi connectivity index (χ0v) is 19.1. The average Bonchev–Trinajstić information content (AvgIpc) is 3.12. The number of hydrogen-bond acceptors (Lipinski definition) is 4. The van der Waals surface area contributed by atoms with Gasteiger partial charge in [-0.2, -0.15) is 0 Å². The Hall–Kier alpha value is -3.84. The Bertz CT molecular complexity index is 1210. The highest BCUT2D eigenvalue weighted by Gasteiger charge is 2.29. The molecule has 0 unspecified atom stereocenters. The molecule has 7 nitrogen and oxygen atoms in total. The van der Waals surface area contributed by atoms with E-state index < -0.39 is 24.0 Å². The molecule has 0 fully saturated rings. The number of benzene rings is 3. The van der Waals surface area contributed by atoms with Gasteiger partial charge in [-0.25, -0.2) is 9.59 Å². The van der Waals surface area contributed by atoms with Gasteiger partial charge in [-0.1, -0.05) is 60.1 Å². The number of nitrogens with one attached hydrogen (secondary N) is 2. The molecule has 0 aromatic heterocycles. The van der Waals surface area contributed by atoms with Crippen LogP contribution in [0.25, 0.3) is 11.1 Å². The molecule has 3 aromatic carbocycles. The van der Waals surface area contributed by atoms with Crippen molar-refractivity contribution in [3.05, 3.63) is 88.4 Å². The number of carbonyl (C=O) groups excluding carboxylic acids is 2. The number of anilines is 1. The molecule has 1 aliphatic carbocycles. The van der Waals surface area contributed by atoms with Gasteiger partial charge in [0.05, 0.1) is 16.3 Å². The largest absolute Gasteiger partial charge is 0.478 e. The number of aromatic carboxylic acids is 1. The quantitative estimate of drug-likeness (QED) is 0.427. The lowest BCUT2D eigenvalue weighted by molar-refractivity contribution is -0.116. The van der Waals surface area contributed by atoms with Crippen molar-refractivity contribution in [2.24, 2.45) is 0 Å². The van der Waals surface area contributed by atoms with Gasteiger partial charge in [0, 0.05) is 18.4 Å². The molecule has 0 aliphatic heterocycles. The van der Waals surface area contributed by atoms with Crippen LogP contribution in [-0.4, -0.2) is 35.7 Å². The molecule has 0 spiro atoms. The zero-order valence-electron chi connectivity index (χ0n) is 18.4. The Morgan fingerprint density at radius 2 is 1.62 bits per heavy atom. The molecule has 174 valence electrons. The number of rotatable bonds is 7. The van der Waals surface area contributed by atoms with Crippen LogP contribution < -0.4 is 10.6 Å². The molecule has 0 heterocycles. The van der Waals surface area contributed by atoms with Gasteiger partial charge in [0.2, 0.25) is 5.91 Å². The number of carboxylic acids is 1. The lowest BCUT2D eigenvalue weighted by atomic mass is 9.98. The second-order valence-corrected chi connectivity index (χ2v) is 8.53. The summed E-state index contributed by atoms with van der Waals surface area (Å²) in [5.74, 6) is -1.60. The van der Waals surface area contributed by atoms with Crippen LogP contribution in [0.1, 0.15) is 40.7 Å². The van der Waals surface area contributed by atoms with Gasteiger partial charge in [0.15, 0.2) is 0 Å². The van der Waals surface area contributed by atoms with Gasteiger partial charge < -0.3 is 20.5 Å². The average molecular weight is 479 g/mol. The molecule has 1 aliphatic rings. The van der Waals surface area contributed by atoms with Crippen molar-refractivity contribution < 1.29 is 24.2 Å². The number of carboxylic acid groups (broad SMARTS) is 1. The minimum atomic E-state index is -1.13. The summed E-state index contributed by atoms with van der Waals surface area (Å²) in [6.45, 7) is 1.85. The molecule has 0 radical (unpaired) electrons. The van der Waals surface area contributed by atoms with Gasteiger partial charge in [0.25, 0.3) is 0 Å². The van der Waals surface area contributed by atoms with Crippen LogP contribution in [0.4, 0.5) is 10.5 Å². The molecule has 1 atom stereocenters. The highest BCUT2D eigenvalue weighted by atomic mass is 35.5. The maximum Gasteiger partial charge on any atom is 0.407 e. The van der Waals surface area contributed by atoms with Crippen LogP contribution in [0.15, 0.2) is 66.7 Å². The molecule has 4 rings (SSSR count). The third-order valence-corrected chi connectivity index (χ3v) is 6.02. The summed E-state index contributed by atoms with van der Waals surface area (Å²) in [6.07, 6.45) is -0.661. The summed E-state index contributed by atoms with van der Waals surface area (Å²) in [5, 5.41) is 14.6. The lowest BCUT2D eigenvalue weighted by Crippen LogP contribution is -2.36. The van der Waals surface area contributed by atoms with E-state index in [9.17, 15) is 14.4 Å². The van der Waals surface area contributed by atoms with E-state index in [-0.39, 0.29) is 35.2 Å². The molecule has 3 N–H and O–H groups in total. The topological polar surface area (TPSA) is 105 Å². The smallest absolute Gasteiger partial charge is 0.407 e. The molecule has 0 saturated heterocycles. The van der Waals surface area contributed by atoms with Gasteiger partial charge in [-0.3, -0.25) is 4.79 Å². The number of carbonyl (C=O) groups is 3. The second kappa shape index (κ2) is 9.97. The van der Waals surface area contributed by atoms with Gasteiger partial charge >= 0.3 is 12.1 Å². The van der Waals surface area contributed by atoms with Crippen LogP contribution in [0, 0.1) is 0 Å². The van der Waals surface area contributed by atoms with Crippen LogP contribution in [0.3, 0.4) is 0 Å². The van der Waals surface area contributed by atoms with E-state index in [0.717, 1.165) is 22.3 Å². The van der Waals surface area contributed by atoms with Gasteiger partial charge in [-0.15, -0.1) is 0 Å². The van der Waals surface area contributed by atoms with Crippen LogP contribution >= 0.6 is 11.6 Å². The van der Waals surface area contributed by atoms with E-state index in [2.05, 4.69) is 22.8 Å². The zero-order chi connectivity index (χ0) is 24.2. The molecule has 2 amide bonds. The summed E-state index contributed by atoms with van der Waals surface area (Å²) >= 11 is 6.04. The molecule has 3 aromatic rings. The summed E-state index contributed by atoms with van der Waals surface area (Å²) in [7, 11) is 0. The van der Waals surface area contributed by atoms with Crippen LogP contribution in [-0.2, 0) is 9.53 Å². The molecule has 8 heteroatoms. The van der Waals surface area contributed by atoms with Crippen molar-refractivity contribution in [2.75, 3.05) is 11.9 Å². The first-order valence-corrected chi connectivity index (χ1v) is 11.2. The van der Waals surface area contributed by atoms with Crippen molar-refractivity contribution in [1.82, 2.24) is 5.32 Å². The van der Waals surface area contributed by atoms with Gasteiger partial charge in [0.1, 0.15) is 6.61 Å². The van der Waals surface area contributed by atoms with Crippen molar-refractivity contribution in [2.45, 2.75) is 25.3 Å². The van der Waals surface area contributed by atoms with Crippen molar-refractivity contribution in [1.29, 1.82) is 0 Å². The Morgan fingerprint density at radius 3 is 2.24 bits per heavy atom. The maximum absolute atomic E-state index is 12.4. The minimum Gasteiger partial charge on any atom is -0.478 e. The standard InChI is InChI=1S/C26H23ClN2O5/c1-15(12-24(30)29-23-13-16(25(31)32)10-11-22(23)27)28-26(33)34-14-21-19-8-4-2-6-17(19)18-7-3-5-9-20(18)21/h2-11,13,15,21H,12,14H2,1H3,(H,28,33)(H,29,30)(H,31,32)/t15-/m0/s1. The Labute approximate surface area is 201 Å². The minimum absolute atomic E-state index is 0.00418. The monoisotopic (exact) mass is 478 g/mol. The maximum atomic E-state index is 12.4. The van der Waals surface area contributed by atoms with E-state index in [1.165, 1.54) is 18.2 Å². The normalized spacial score (nSPS) is 12.9. The first-order chi connectivity index (χ1) is 16.3. The van der Waals surface area contributed by atoms with E-state index in [0.29, 0.717) is 0 Å². The number of fused-ring (bicyclic) bond motifs is 3. The van der Waals surface area contributed by atoms with E-state index in [1.54, 1.807) is 6.92 Å². The van der Waals surface area contributed by atoms with E-state index >= 15 is 0 Å². The molecular formula is C26H23ClN2O5. The Morgan fingerprint density at radius 1 is 1.00 bits per heavy atom. The summed E-state index contributed by atoms with van der Waals surface area (Å²) in [4.78, 5) is 35.9.